The molecule has 0 aliphatic carbocycles. The van der Waals surface area contributed by atoms with E-state index in [2.05, 4.69) is 10.0 Å². The average molecular weight is 311 g/mol. The Morgan fingerprint density at radius 2 is 2.10 bits per heavy atom. The third-order valence-electron chi connectivity index (χ3n) is 3.64. The van der Waals surface area contributed by atoms with E-state index in [1.54, 1.807) is 6.92 Å². The Hall–Kier alpha value is -1.27. The number of benzene rings is 1. The third-order valence-corrected chi connectivity index (χ3v) is 4.81. The second kappa shape index (κ2) is 7.13. The quantitative estimate of drug-likeness (QED) is 0.525. The zero-order chi connectivity index (χ0) is 15.4. The molecule has 1 aromatic carbocycles. The Kier molecular flexibility index (Phi) is 5.47. The number of rotatable bonds is 4. The fourth-order valence-electron chi connectivity index (χ4n) is 2.28. The van der Waals surface area contributed by atoms with Crippen molar-refractivity contribution in [3.05, 3.63) is 40.3 Å². The van der Waals surface area contributed by atoms with Gasteiger partial charge >= 0.3 is 0 Å². The largest absolute Gasteiger partial charge is 0.394 e. The molecule has 21 heavy (non-hydrogen) atoms. The van der Waals surface area contributed by atoms with Crippen LogP contribution in [0.25, 0.3) is 10.4 Å². The van der Waals surface area contributed by atoms with Gasteiger partial charge < -0.3 is 9.84 Å². The molecule has 114 valence electrons. The van der Waals surface area contributed by atoms with E-state index in [9.17, 15) is 9.50 Å². The van der Waals surface area contributed by atoms with Gasteiger partial charge in [-0.05, 0) is 24.6 Å². The van der Waals surface area contributed by atoms with Crippen molar-refractivity contribution in [2.45, 2.75) is 42.5 Å². The van der Waals surface area contributed by atoms with Crippen LogP contribution in [0.5, 0.6) is 0 Å². The highest BCUT2D eigenvalue weighted by Crippen LogP contribution is 2.38. The van der Waals surface area contributed by atoms with Gasteiger partial charge in [-0.2, -0.15) is 0 Å². The molecule has 1 aromatic rings. The first kappa shape index (κ1) is 16.1. The lowest BCUT2D eigenvalue weighted by atomic mass is 9.92. The van der Waals surface area contributed by atoms with Crippen molar-refractivity contribution in [3.8, 4) is 0 Å². The van der Waals surface area contributed by atoms with Gasteiger partial charge in [0.1, 0.15) is 17.6 Å². The van der Waals surface area contributed by atoms with E-state index in [0.717, 1.165) is 10.5 Å². The van der Waals surface area contributed by atoms with E-state index in [4.69, 9.17) is 10.3 Å². The predicted molar refractivity (Wildman–Crippen MR) is 79.8 cm³/mol. The van der Waals surface area contributed by atoms with Gasteiger partial charge in [-0.25, -0.2) is 4.39 Å². The fraction of sp³-hybridized carbons (Fsp3) is 0.571. The van der Waals surface area contributed by atoms with Gasteiger partial charge in [-0.1, -0.05) is 41.5 Å². The molecule has 1 heterocycles. The summed E-state index contributed by atoms with van der Waals surface area (Å²) in [4.78, 5) is 3.64. The first-order valence-corrected chi connectivity index (χ1v) is 7.62. The van der Waals surface area contributed by atoms with Gasteiger partial charge in [0, 0.05) is 15.7 Å². The number of hydrogen-bond donors (Lipinski definition) is 1. The summed E-state index contributed by atoms with van der Waals surface area (Å²) in [5.74, 6) is -0.514. The summed E-state index contributed by atoms with van der Waals surface area (Å²) < 4.78 is 20.1. The summed E-state index contributed by atoms with van der Waals surface area (Å²) in [5.41, 5.74) is 9.12. The smallest absolute Gasteiger partial charge is 0.119 e. The molecule has 0 aromatic heterocycles. The Balaban J connectivity index is 2.20. The first-order valence-electron chi connectivity index (χ1n) is 6.74. The van der Waals surface area contributed by atoms with Gasteiger partial charge in [0.2, 0.25) is 0 Å². The molecular weight excluding hydrogens is 293 g/mol. The van der Waals surface area contributed by atoms with Crippen molar-refractivity contribution in [2.75, 3.05) is 6.61 Å². The maximum atomic E-state index is 14.4. The number of azide groups is 1. The topological polar surface area (TPSA) is 78.2 Å². The van der Waals surface area contributed by atoms with E-state index < -0.39 is 29.7 Å². The molecule has 2 rings (SSSR count). The molecule has 0 amide bonds. The fourth-order valence-corrected chi connectivity index (χ4v) is 3.38. The van der Waals surface area contributed by atoms with E-state index in [1.807, 2.05) is 31.2 Å². The van der Waals surface area contributed by atoms with Crippen molar-refractivity contribution >= 4 is 11.8 Å². The monoisotopic (exact) mass is 311 g/mol. The summed E-state index contributed by atoms with van der Waals surface area (Å²) in [6.07, 6.45) is -1.93. The lowest BCUT2D eigenvalue weighted by Crippen LogP contribution is -2.50. The highest BCUT2D eigenvalue weighted by Gasteiger charge is 2.44. The minimum atomic E-state index is -1.34. The Morgan fingerprint density at radius 3 is 2.67 bits per heavy atom. The number of thioether (sulfide) groups is 1. The van der Waals surface area contributed by atoms with E-state index in [-0.39, 0.29) is 6.61 Å². The van der Waals surface area contributed by atoms with Crippen LogP contribution in [0.15, 0.2) is 34.3 Å². The lowest BCUT2D eigenvalue weighted by Gasteiger charge is -2.40. The van der Waals surface area contributed by atoms with Crippen LogP contribution in [0.3, 0.4) is 0 Å². The van der Waals surface area contributed by atoms with Crippen LogP contribution >= 0.6 is 11.8 Å². The van der Waals surface area contributed by atoms with Crippen LogP contribution < -0.4 is 0 Å². The van der Waals surface area contributed by atoms with Crippen LogP contribution in [-0.4, -0.2) is 35.5 Å². The molecular formula is C14H18FN3O2S. The number of aliphatic hydroxyl groups excluding tert-OH is 1. The molecule has 5 atom stereocenters. The number of halogens is 1. The molecule has 1 fully saturated rings. The second-order valence-electron chi connectivity index (χ2n) is 5.16. The highest BCUT2D eigenvalue weighted by atomic mass is 32.2. The van der Waals surface area contributed by atoms with Crippen LogP contribution in [0.2, 0.25) is 0 Å². The minimum Gasteiger partial charge on any atom is -0.394 e. The summed E-state index contributed by atoms with van der Waals surface area (Å²) >= 11 is 1.31. The SMILES string of the molecule is Cc1ccc(S[C@@H]2O[C@H](CO)C(C)[C@H](F)C2N=[N+]=[N-])cc1. The zero-order valence-electron chi connectivity index (χ0n) is 11.9. The minimum absolute atomic E-state index is 0.254. The molecule has 1 N–H and O–H groups in total. The van der Waals surface area contributed by atoms with Crippen LogP contribution in [0.4, 0.5) is 4.39 Å². The number of hydrogen-bond acceptors (Lipinski definition) is 4. The number of nitrogens with zero attached hydrogens (tertiary/aromatic N) is 3. The van der Waals surface area contributed by atoms with Crippen LogP contribution in [0, 0.1) is 12.8 Å². The summed E-state index contributed by atoms with van der Waals surface area (Å²) in [7, 11) is 0. The van der Waals surface area contributed by atoms with E-state index in [1.165, 1.54) is 11.8 Å². The molecule has 0 spiro atoms. The van der Waals surface area contributed by atoms with Gasteiger partial charge in [0.15, 0.2) is 0 Å². The maximum absolute atomic E-state index is 14.4. The van der Waals surface area contributed by atoms with Crippen molar-refractivity contribution < 1.29 is 14.2 Å². The summed E-state index contributed by atoms with van der Waals surface area (Å²) in [6.45, 7) is 3.38. The molecule has 1 aliphatic rings. The van der Waals surface area contributed by atoms with Crippen LogP contribution in [-0.2, 0) is 4.74 Å². The lowest BCUT2D eigenvalue weighted by molar-refractivity contribution is -0.105. The predicted octanol–water partition coefficient (Wildman–Crippen LogP) is 3.46. The third kappa shape index (κ3) is 3.68. The van der Waals surface area contributed by atoms with Gasteiger partial charge in [0.25, 0.3) is 0 Å². The molecule has 0 radical (unpaired) electrons. The molecule has 5 nitrogen and oxygen atoms in total. The summed E-state index contributed by atoms with van der Waals surface area (Å²) in [5, 5.41) is 12.9. The zero-order valence-corrected chi connectivity index (χ0v) is 12.7. The Morgan fingerprint density at radius 1 is 1.43 bits per heavy atom. The van der Waals surface area contributed by atoms with Crippen molar-refractivity contribution in [3.63, 3.8) is 0 Å². The number of ether oxygens (including phenoxy) is 1. The number of aryl methyl sites for hydroxylation is 1. The molecule has 0 saturated carbocycles. The summed E-state index contributed by atoms with van der Waals surface area (Å²) in [6, 6.07) is 6.82. The van der Waals surface area contributed by atoms with Gasteiger partial charge in [0.05, 0.1) is 12.7 Å². The highest BCUT2D eigenvalue weighted by molar-refractivity contribution is 7.99. The van der Waals surface area contributed by atoms with Gasteiger partial charge in [-0.15, -0.1) is 0 Å². The number of aliphatic hydroxyl groups is 1. The molecule has 7 heteroatoms. The van der Waals surface area contributed by atoms with E-state index in [0.29, 0.717) is 0 Å². The van der Waals surface area contributed by atoms with Gasteiger partial charge in [-0.3, -0.25) is 0 Å². The first-order chi connectivity index (χ1) is 10.1. The standard InChI is InChI=1S/C14H18FN3O2S/c1-8-3-5-10(6-4-8)21-14-13(17-18-16)12(15)9(2)11(7-19)20-14/h3-6,9,11-14,19H,7H2,1-2H3/t9?,11-,12+,13?,14+/m1/s1. The average Bonchev–Trinajstić information content (AvgIpc) is 2.49. The van der Waals surface area contributed by atoms with E-state index >= 15 is 0 Å². The van der Waals surface area contributed by atoms with Crippen LogP contribution in [0.1, 0.15) is 12.5 Å². The normalized spacial score (nSPS) is 32.5. The van der Waals surface area contributed by atoms with Crippen molar-refractivity contribution in [1.29, 1.82) is 0 Å². The second-order valence-corrected chi connectivity index (χ2v) is 6.33. The molecule has 2 unspecified atom stereocenters. The van der Waals surface area contributed by atoms with Crippen molar-refractivity contribution in [1.82, 2.24) is 0 Å². The number of alkyl halides is 1. The Bertz CT molecular complexity index is 521. The maximum Gasteiger partial charge on any atom is 0.119 e. The van der Waals surface area contributed by atoms with Crippen molar-refractivity contribution in [2.24, 2.45) is 11.0 Å². The molecule has 1 aliphatic heterocycles. The molecule has 1 saturated heterocycles. The Labute approximate surface area is 127 Å². The molecule has 0 bridgehead atoms.